The molecule has 0 N–H and O–H groups in total. The summed E-state index contributed by atoms with van der Waals surface area (Å²) in [7, 11) is 0. The third-order valence-corrected chi connectivity index (χ3v) is 11.7. The molecule has 0 saturated heterocycles. The van der Waals surface area contributed by atoms with Crippen molar-refractivity contribution in [1.29, 1.82) is 0 Å². The summed E-state index contributed by atoms with van der Waals surface area (Å²) in [6.07, 6.45) is -0.243. The molecule has 7 heteroatoms. The zero-order valence-electron chi connectivity index (χ0n) is 44.6. The molecular formula is C59H43N4O2Pt-3. The van der Waals surface area contributed by atoms with E-state index >= 15 is 0 Å². The number of nitrogens with zero attached hydrogens (tertiary/aromatic N) is 4. The van der Waals surface area contributed by atoms with Crippen molar-refractivity contribution in [3.05, 3.63) is 212 Å². The van der Waals surface area contributed by atoms with Crippen molar-refractivity contribution < 1.29 is 42.9 Å². The van der Waals surface area contributed by atoms with Crippen LogP contribution < -0.4 is 19.3 Å². The van der Waals surface area contributed by atoms with E-state index in [0.717, 1.165) is 39.3 Å². The van der Waals surface area contributed by atoms with Gasteiger partial charge >= 0.3 is 0 Å². The van der Waals surface area contributed by atoms with Gasteiger partial charge in [-0.25, -0.2) is 4.98 Å². The van der Waals surface area contributed by atoms with Crippen molar-refractivity contribution in [3.8, 4) is 62.2 Å². The minimum Gasteiger partial charge on any atom is -0.509 e. The average molecular weight is 1040 g/mol. The van der Waals surface area contributed by atoms with Gasteiger partial charge in [0.2, 0.25) is 0 Å². The van der Waals surface area contributed by atoms with E-state index in [0.29, 0.717) is 50.5 Å². The molecule has 6 heterocycles. The van der Waals surface area contributed by atoms with Crippen LogP contribution in [0.15, 0.2) is 182 Å². The zero-order chi connectivity index (χ0) is 51.4. The van der Waals surface area contributed by atoms with Gasteiger partial charge in [-0.15, -0.1) is 48.1 Å². The predicted octanol–water partition coefficient (Wildman–Crippen LogP) is 15.6. The summed E-state index contributed by atoms with van der Waals surface area (Å²) in [6, 6.07) is 52.4. The largest absolute Gasteiger partial charge is 0.509 e. The number of ether oxygens (including phenoxy) is 2. The van der Waals surface area contributed by atoms with Gasteiger partial charge in [0.25, 0.3) is 0 Å². The van der Waals surface area contributed by atoms with E-state index in [2.05, 4.69) is 23.1 Å². The number of anilines is 4. The van der Waals surface area contributed by atoms with E-state index in [4.69, 9.17) is 24.1 Å². The smallest absolute Gasteiger partial charge is 0.135 e. The number of hydrogen-bond donors (Lipinski definition) is 0. The summed E-state index contributed by atoms with van der Waals surface area (Å²) in [5, 5.41) is 0.653. The van der Waals surface area contributed by atoms with Crippen LogP contribution in [0.2, 0.25) is 0 Å². The maximum atomic E-state index is 9.43. The van der Waals surface area contributed by atoms with Gasteiger partial charge in [0, 0.05) is 84.9 Å². The first kappa shape index (κ1) is 32.3. The molecule has 8 aromatic carbocycles. The first-order valence-electron chi connectivity index (χ1n) is 25.9. The molecule has 6 nitrogen and oxygen atoms in total. The van der Waals surface area contributed by atoms with Gasteiger partial charge in [-0.3, -0.25) is 0 Å². The van der Waals surface area contributed by atoms with E-state index < -0.39 is 25.3 Å². The fraction of sp³-hybridized carbons (Fsp3) is 0.0847. The quantitative estimate of drug-likeness (QED) is 0.165. The Morgan fingerprint density at radius 1 is 0.667 bits per heavy atom. The van der Waals surface area contributed by atoms with Crippen molar-refractivity contribution in [2.75, 3.05) is 9.80 Å². The topological polar surface area (TPSA) is 42.8 Å². The molecule has 10 aromatic rings. The van der Waals surface area contributed by atoms with Crippen molar-refractivity contribution in [3.63, 3.8) is 0 Å². The van der Waals surface area contributed by atoms with Gasteiger partial charge in [-0.2, -0.15) is 12.1 Å². The number of aromatic nitrogens is 2. The number of aryl methyl sites for hydroxylation is 1. The summed E-state index contributed by atoms with van der Waals surface area (Å²) in [4.78, 5) is 8.96. The van der Waals surface area contributed by atoms with Crippen LogP contribution in [-0.4, -0.2) is 9.55 Å². The Hall–Kier alpha value is -7.40. The second-order valence-corrected chi connectivity index (χ2v) is 16.3. The van der Waals surface area contributed by atoms with Gasteiger partial charge in [-0.1, -0.05) is 104 Å². The minimum absolute atomic E-state index is 0. The molecule has 324 valence electrons. The van der Waals surface area contributed by atoms with E-state index in [1.807, 2.05) is 122 Å². The molecule has 0 aliphatic carbocycles. The third kappa shape index (κ3) is 7.32. The fourth-order valence-electron chi connectivity index (χ4n) is 8.88. The van der Waals surface area contributed by atoms with Crippen molar-refractivity contribution in [2.45, 2.75) is 27.1 Å². The molecule has 0 amide bonds. The van der Waals surface area contributed by atoms with Crippen molar-refractivity contribution >= 4 is 44.6 Å². The van der Waals surface area contributed by atoms with Gasteiger partial charge < -0.3 is 23.8 Å². The summed E-state index contributed by atoms with van der Waals surface area (Å²) in [6.45, 7) is 3.14. The van der Waals surface area contributed by atoms with Crippen LogP contribution in [0.1, 0.15) is 37.3 Å². The van der Waals surface area contributed by atoms with Crippen LogP contribution in [0.4, 0.5) is 22.7 Å². The summed E-state index contributed by atoms with van der Waals surface area (Å²) < 4.78 is 95.1. The Balaban J connectivity index is 0.00000602. The van der Waals surface area contributed by atoms with Gasteiger partial charge in [0.05, 0.1) is 5.48 Å². The third-order valence-electron chi connectivity index (χ3n) is 11.7. The fourth-order valence-corrected chi connectivity index (χ4v) is 8.88. The van der Waals surface area contributed by atoms with Gasteiger partial charge in [0.15, 0.2) is 0 Å². The maximum absolute atomic E-state index is 9.43. The van der Waals surface area contributed by atoms with Gasteiger partial charge in [-0.05, 0) is 113 Å². The Morgan fingerprint density at radius 3 is 2.21 bits per heavy atom. The molecule has 4 aliphatic rings. The molecule has 0 atom stereocenters. The molecule has 0 spiro atoms. The summed E-state index contributed by atoms with van der Waals surface area (Å²) in [5.74, 6) is 1.32. The van der Waals surface area contributed by atoms with E-state index in [-0.39, 0.29) is 67.1 Å². The SMILES string of the molecule is [2H]c1c([2H])c([2H])c2c(c1[2H])c1ccc3[c-]c1n2-c1cc(C([2H])([2H])[2H])c(cn1)-c1ccc(cc1)Oc1cccc(c1)-c1cc(C([2H])([2H])C(C)C)cc(-c2ccccc2)c1N1[CH-]N(c2[c-]c(ccc2)O3)c2ccccc21.[Pt]. The first-order chi connectivity index (χ1) is 35.5. The second-order valence-electron chi connectivity index (χ2n) is 16.3. The van der Waals surface area contributed by atoms with Crippen molar-refractivity contribution in [1.82, 2.24) is 9.55 Å². The molecule has 0 fully saturated rings. The van der Waals surface area contributed by atoms with Crippen molar-refractivity contribution in [2.24, 2.45) is 5.92 Å². The number of para-hydroxylation sites is 3. The Bertz CT molecular complexity index is 3900. The van der Waals surface area contributed by atoms with Crippen LogP contribution in [0, 0.1) is 31.6 Å². The van der Waals surface area contributed by atoms with Gasteiger partial charge in [0.1, 0.15) is 17.3 Å². The maximum Gasteiger partial charge on any atom is 0.135 e. The van der Waals surface area contributed by atoms with Crippen LogP contribution >= 0.6 is 0 Å². The number of pyridine rings is 1. The Labute approximate surface area is 412 Å². The molecule has 4 aliphatic heterocycles. The second kappa shape index (κ2) is 16.9. The summed E-state index contributed by atoms with van der Waals surface area (Å²) >= 11 is 0. The minimum atomic E-state index is -2.64. The van der Waals surface area contributed by atoms with E-state index in [1.54, 1.807) is 42.5 Å². The summed E-state index contributed by atoms with van der Waals surface area (Å²) in [5.41, 5.74) is 8.18. The van der Waals surface area contributed by atoms with E-state index in [1.165, 1.54) is 16.8 Å². The number of hydrogen-bond acceptors (Lipinski definition) is 5. The molecule has 66 heavy (non-hydrogen) atoms. The standard InChI is InChI=1S/C59H43N4O2.Pt/c1-38(2)29-40-31-51(41-13-5-4-6-14-41)59-52(32-40)43-15-11-17-46(33-43)64-45-25-23-42(24-26-45)53-36-60-58(30-39(53)3)63-54-20-8-7-19-49(54)50-28-27-48(35-57(50)63)65-47-18-12-16-44(34-47)61-37-62(59)56-22-10-9-21-55(56)61;/h4-28,30-33,36-38H,29H2,1-3H3;/q-3;/i3D3,7D,8D,19D,20D,29D2;. The van der Waals surface area contributed by atoms with Crippen LogP contribution in [0.3, 0.4) is 0 Å². The molecule has 0 radical (unpaired) electrons. The molecule has 14 rings (SSSR count). The number of benzene rings is 8. The Morgan fingerprint density at radius 2 is 1.39 bits per heavy atom. The molecule has 0 unspecified atom stereocenters. The monoisotopic (exact) mass is 1040 g/mol. The van der Waals surface area contributed by atoms with Crippen LogP contribution in [-0.2, 0) is 27.4 Å². The van der Waals surface area contributed by atoms with E-state index in [9.17, 15) is 2.74 Å². The molecule has 2 aromatic heterocycles. The molecular weight excluding hydrogens is 992 g/mol. The first-order valence-corrected chi connectivity index (χ1v) is 21.4. The number of fused-ring (bicyclic) bond motifs is 5. The molecule has 12 bridgehead atoms. The normalized spacial score (nSPS) is 15.0. The zero-order valence-corrected chi connectivity index (χ0v) is 37.9. The predicted molar refractivity (Wildman–Crippen MR) is 264 cm³/mol. The average Bonchev–Trinajstić information content (AvgIpc) is 3.98. The Kier molecular flexibility index (Phi) is 8.25. The number of rotatable bonds is 3. The van der Waals surface area contributed by atoms with Crippen LogP contribution in [0.25, 0.3) is 61.0 Å². The van der Waals surface area contributed by atoms with Crippen LogP contribution in [0.5, 0.6) is 23.0 Å². The molecule has 0 saturated carbocycles.